The van der Waals surface area contributed by atoms with Gasteiger partial charge in [-0.2, -0.15) is 0 Å². The lowest BCUT2D eigenvalue weighted by molar-refractivity contribution is 0.148. The highest BCUT2D eigenvalue weighted by atomic mass is 16.5. The summed E-state index contributed by atoms with van der Waals surface area (Å²) in [6.45, 7) is 14.7. The van der Waals surface area contributed by atoms with Crippen molar-refractivity contribution in [2.75, 3.05) is 85.7 Å². The number of hydrazine groups is 1. The molecule has 2 saturated heterocycles. The first kappa shape index (κ1) is 40.4. The molecule has 2 aliphatic rings. The Morgan fingerprint density at radius 3 is 1.79 bits per heavy atom. The summed E-state index contributed by atoms with van der Waals surface area (Å²) in [5, 5.41) is 10.0. The largest absolute Gasteiger partial charge is 0.496 e. The third kappa shape index (κ3) is 10.7. The quantitative estimate of drug-likeness (QED) is 0.124. The van der Waals surface area contributed by atoms with Crippen LogP contribution in [-0.2, 0) is 13.1 Å². The van der Waals surface area contributed by atoms with E-state index in [9.17, 15) is 0 Å². The fraction of sp³-hybridized carbons (Fsp3) is 0.364. The molecule has 56 heavy (non-hydrogen) atoms. The molecule has 0 bridgehead atoms. The monoisotopic (exact) mass is 759 g/mol. The highest BCUT2D eigenvalue weighted by Crippen LogP contribution is 2.29. The van der Waals surface area contributed by atoms with Crippen LogP contribution in [0, 0.1) is 13.8 Å². The fourth-order valence-electron chi connectivity index (χ4n) is 6.86. The number of nitrogens with two attached hydrogens (primary N) is 2. The Labute approximate surface area is 331 Å². The molecule has 0 unspecified atom stereocenters. The molecule has 12 nitrogen and oxygen atoms in total. The first-order chi connectivity index (χ1) is 27.1. The van der Waals surface area contributed by atoms with E-state index in [1.807, 2.05) is 62.4 Å². The van der Waals surface area contributed by atoms with Gasteiger partial charge in [0.2, 0.25) is 11.8 Å². The topological polar surface area (TPSA) is 126 Å². The van der Waals surface area contributed by atoms with Gasteiger partial charge < -0.3 is 29.4 Å². The Kier molecular flexibility index (Phi) is 13.8. The normalized spacial score (nSPS) is 15.9. The molecular formula is C44H57N9O3. The number of hydrogen-bond acceptors (Lipinski definition) is 12. The summed E-state index contributed by atoms with van der Waals surface area (Å²) >= 11 is 0. The summed E-state index contributed by atoms with van der Waals surface area (Å²) in [5.41, 5.74) is 15.2. The van der Waals surface area contributed by atoms with Crippen LogP contribution in [0.1, 0.15) is 27.8 Å². The van der Waals surface area contributed by atoms with E-state index >= 15 is 0 Å². The van der Waals surface area contributed by atoms with E-state index in [1.54, 1.807) is 20.4 Å². The number of aromatic nitrogens is 2. The molecular weight excluding hydrogens is 703 g/mol. The molecule has 0 saturated carbocycles. The van der Waals surface area contributed by atoms with Crippen molar-refractivity contribution < 1.29 is 13.9 Å². The van der Waals surface area contributed by atoms with Gasteiger partial charge in [-0.05, 0) is 92.2 Å². The predicted molar refractivity (Wildman–Crippen MR) is 225 cm³/mol. The zero-order valence-electron chi connectivity index (χ0n) is 33.7. The van der Waals surface area contributed by atoms with Crippen molar-refractivity contribution in [1.82, 2.24) is 29.8 Å². The molecule has 2 fully saturated rings. The van der Waals surface area contributed by atoms with Gasteiger partial charge in [0.25, 0.3) is 0 Å². The summed E-state index contributed by atoms with van der Waals surface area (Å²) in [7, 11) is 7.67. The summed E-state index contributed by atoms with van der Waals surface area (Å²) < 4.78 is 16.7. The average Bonchev–Trinajstić information content (AvgIpc) is 3.71. The molecule has 7 rings (SSSR count). The lowest BCUT2D eigenvalue weighted by atomic mass is 10.1. The van der Waals surface area contributed by atoms with Crippen molar-refractivity contribution in [3.63, 3.8) is 0 Å². The van der Waals surface area contributed by atoms with Gasteiger partial charge in [-0.15, -0.1) is 10.2 Å². The Bertz CT molecular complexity index is 2070. The smallest absolute Gasteiger partial charge is 0.248 e. The highest BCUT2D eigenvalue weighted by molar-refractivity contribution is 5.67. The molecule has 5 aromatic rings. The van der Waals surface area contributed by atoms with E-state index in [4.69, 9.17) is 25.5 Å². The van der Waals surface area contributed by atoms with E-state index in [1.165, 1.54) is 16.1 Å². The van der Waals surface area contributed by atoms with Crippen molar-refractivity contribution in [3.8, 4) is 34.4 Å². The standard InChI is InChI=1S/C22H31N5O.C22H26N4O2/c1-17-7-8-20(14-22(17)28-3)27(24)16-21(23)19-6-4-5-18(13-19)15-26-11-9-25(2)10-12-26;1-16-7-8-19(14-20(16)27-3)22-24-23-21(28-22)18-6-4-5-17(13-18)15-26-11-9-25(2)10-12-26/h4-8,13-14,16H,9-12,15,23-24H2,1-3H3;4-8,13-14H,9-12,15H2,1-3H3/b21-16-;. The van der Waals surface area contributed by atoms with Crippen molar-refractivity contribution in [2.45, 2.75) is 26.9 Å². The van der Waals surface area contributed by atoms with Gasteiger partial charge in [0.15, 0.2) is 0 Å². The number of hydrogen-bond donors (Lipinski definition) is 2. The number of piperazine rings is 2. The Hall–Kier alpha value is -5.24. The van der Waals surface area contributed by atoms with E-state index < -0.39 is 0 Å². The van der Waals surface area contributed by atoms with Crippen molar-refractivity contribution in [2.24, 2.45) is 11.6 Å². The number of likely N-dealkylation sites (N-methyl/N-ethyl adjacent to an activating group) is 2. The number of anilines is 1. The first-order valence-electron chi connectivity index (χ1n) is 19.2. The minimum Gasteiger partial charge on any atom is -0.496 e. The van der Waals surface area contributed by atoms with E-state index in [0.29, 0.717) is 17.5 Å². The molecule has 2 aliphatic heterocycles. The van der Waals surface area contributed by atoms with Gasteiger partial charge in [-0.1, -0.05) is 42.5 Å². The Balaban J connectivity index is 0.000000190. The van der Waals surface area contributed by atoms with Crippen LogP contribution in [0.4, 0.5) is 5.69 Å². The Morgan fingerprint density at radius 1 is 0.679 bits per heavy atom. The number of nitrogens with zero attached hydrogens (tertiary/aromatic N) is 7. The van der Waals surface area contributed by atoms with Crippen LogP contribution >= 0.6 is 0 Å². The molecule has 0 spiro atoms. The molecule has 4 aromatic carbocycles. The van der Waals surface area contributed by atoms with Gasteiger partial charge in [0, 0.05) is 88.8 Å². The second kappa shape index (κ2) is 19.1. The van der Waals surface area contributed by atoms with Crippen LogP contribution in [0.25, 0.3) is 28.6 Å². The van der Waals surface area contributed by atoms with E-state index in [-0.39, 0.29) is 0 Å². The van der Waals surface area contributed by atoms with Gasteiger partial charge >= 0.3 is 0 Å². The lowest BCUT2D eigenvalue weighted by Crippen LogP contribution is -2.43. The minimum atomic E-state index is 0.498. The molecule has 12 heteroatoms. The average molecular weight is 760 g/mol. The summed E-state index contributed by atoms with van der Waals surface area (Å²) in [6.07, 6.45) is 1.75. The summed E-state index contributed by atoms with van der Waals surface area (Å²) in [4.78, 5) is 9.69. The van der Waals surface area contributed by atoms with Crippen molar-refractivity contribution in [3.05, 3.63) is 119 Å². The maximum absolute atomic E-state index is 6.34. The maximum Gasteiger partial charge on any atom is 0.248 e. The molecule has 4 N–H and O–H groups in total. The lowest BCUT2D eigenvalue weighted by Gasteiger charge is -2.32. The van der Waals surface area contributed by atoms with Gasteiger partial charge in [0.1, 0.15) is 11.5 Å². The first-order valence-corrected chi connectivity index (χ1v) is 19.2. The summed E-state index contributed by atoms with van der Waals surface area (Å²) in [6, 6.07) is 28.5. The molecule has 296 valence electrons. The van der Waals surface area contributed by atoms with Gasteiger partial charge in [0.05, 0.1) is 25.6 Å². The summed E-state index contributed by atoms with van der Waals surface area (Å²) in [5.74, 6) is 8.86. The van der Waals surface area contributed by atoms with Crippen LogP contribution < -0.4 is 26.1 Å². The fourth-order valence-corrected chi connectivity index (χ4v) is 6.86. The van der Waals surface area contributed by atoms with Crippen LogP contribution in [0.15, 0.2) is 95.5 Å². The third-order valence-corrected chi connectivity index (χ3v) is 10.5. The van der Waals surface area contributed by atoms with E-state index in [2.05, 4.69) is 80.3 Å². The van der Waals surface area contributed by atoms with Gasteiger partial charge in [-0.3, -0.25) is 14.8 Å². The molecule has 0 aliphatic carbocycles. The molecule has 1 aromatic heterocycles. The minimum absolute atomic E-state index is 0.498. The molecule has 3 heterocycles. The zero-order valence-corrected chi connectivity index (χ0v) is 33.7. The Morgan fingerprint density at radius 2 is 1.20 bits per heavy atom. The van der Waals surface area contributed by atoms with Crippen molar-refractivity contribution >= 4 is 11.4 Å². The number of benzene rings is 4. The highest BCUT2D eigenvalue weighted by Gasteiger charge is 2.17. The van der Waals surface area contributed by atoms with Crippen LogP contribution in [0.3, 0.4) is 0 Å². The molecule has 0 radical (unpaired) electrons. The number of ether oxygens (including phenoxy) is 2. The molecule has 0 amide bonds. The van der Waals surface area contributed by atoms with E-state index in [0.717, 1.165) is 110 Å². The SMILES string of the molecule is COc1cc(-c2nnc(-c3cccc(CN4CCN(C)CC4)c3)o2)ccc1C.COc1cc(N(N)/C=C(\N)c2cccc(CN3CCN(C)CC3)c2)ccc1C. The third-order valence-electron chi connectivity index (χ3n) is 10.5. The molecule has 0 atom stereocenters. The van der Waals surface area contributed by atoms with Crippen LogP contribution in [-0.4, -0.2) is 110 Å². The van der Waals surface area contributed by atoms with Crippen LogP contribution in [0.2, 0.25) is 0 Å². The number of aryl methyl sites for hydroxylation is 2. The predicted octanol–water partition coefficient (Wildman–Crippen LogP) is 5.86. The zero-order chi connectivity index (χ0) is 39.6. The second-order valence-electron chi connectivity index (χ2n) is 14.8. The number of methoxy groups -OCH3 is 2. The van der Waals surface area contributed by atoms with Gasteiger partial charge in [-0.25, -0.2) is 5.84 Å². The van der Waals surface area contributed by atoms with Crippen molar-refractivity contribution in [1.29, 1.82) is 0 Å². The van der Waals surface area contributed by atoms with Crippen LogP contribution in [0.5, 0.6) is 11.5 Å². The maximum atomic E-state index is 6.34. The second-order valence-corrected chi connectivity index (χ2v) is 14.8. The number of rotatable bonds is 11.